The zero-order chi connectivity index (χ0) is 16.2. The van der Waals surface area contributed by atoms with Crippen molar-refractivity contribution in [1.82, 2.24) is 4.98 Å². The van der Waals surface area contributed by atoms with Crippen LogP contribution in [0.5, 0.6) is 0 Å². The number of primary sulfonamides is 1. The normalized spacial score (nSPS) is 14.5. The summed E-state index contributed by atoms with van der Waals surface area (Å²) in [5, 5.41) is 5.10. The van der Waals surface area contributed by atoms with Gasteiger partial charge in [-0.1, -0.05) is 0 Å². The van der Waals surface area contributed by atoms with E-state index in [0.717, 1.165) is 6.92 Å². The van der Waals surface area contributed by atoms with Crippen LogP contribution in [0.2, 0.25) is 0 Å². The fourth-order valence-electron chi connectivity index (χ4n) is 1.58. The van der Waals surface area contributed by atoms with Crippen LogP contribution in [0.15, 0.2) is 21.6 Å². The minimum atomic E-state index is -4.19. The van der Waals surface area contributed by atoms with Gasteiger partial charge < -0.3 is 9.47 Å². The third-order valence-corrected chi connectivity index (χ3v) is 4.30. The van der Waals surface area contributed by atoms with Gasteiger partial charge in [-0.3, -0.25) is 4.98 Å². The third kappa shape index (κ3) is 4.70. The van der Waals surface area contributed by atoms with E-state index in [4.69, 9.17) is 9.88 Å². The average Bonchev–Trinajstić information content (AvgIpc) is 2.34. The SMILES string of the molecule is COCC(=O)OC(c1nccc(Br)c1S(N)(=O)=O)C(C)F. The molecular weight excluding hydrogens is 371 g/mol. The second-order valence-corrected chi connectivity index (χ2v) is 6.43. The van der Waals surface area contributed by atoms with Crippen LogP contribution in [0.1, 0.15) is 18.7 Å². The Morgan fingerprint density at radius 1 is 1.57 bits per heavy atom. The van der Waals surface area contributed by atoms with E-state index < -0.39 is 39.8 Å². The summed E-state index contributed by atoms with van der Waals surface area (Å²) in [5.41, 5.74) is -0.286. The Morgan fingerprint density at radius 2 is 2.19 bits per heavy atom. The molecule has 21 heavy (non-hydrogen) atoms. The molecule has 10 heteroatoms. The molecule has 0 spiro atoms. The van der Waals surface area contributed by atoms with Crippen LogP contribution in [-0.2, 0) is 24.3 Å². The molecule has 1 aromatic rings. The maximum atomic E-state index is 13.7. The van der Waals surface area contributed by atoms with Gasteiger partial charge in [0.05, 0.1) is 0 Å². The van der Waals surface area contributed by atoms with Crippen LogP contribution in [0.3, 0.4) is 0 Å². The lowest BCUT2D eigenvalue weighted by Gasteiger charge is -2.20. The summed E-state index contributed by atoms with van der Waals surface area (Å²) < 4.78 is 46.6. The number of carbonyl (C=O) groups is 1. The van der Waals surface area contributed by atoms with E-state index >= 15 is 0 Å². The Bertz CT molecular complexity index is 623. The summed E-state index contributed by atoms with van der Waals surface area (Å²) in [7, 11) is -2.92. The van der Waals surface area contributed by atoms with Crippen molar-refractivity contribution in [1.29, 1.82) is 0 Å². The van der Waals surface area contributed by atoms with Crippen molar-refractivity contribution in [3.63, 3.8) is 0 Å². The van der Waals surface area contributed by atoms with E-state index in [-0.39, 0.29) is 10.2 Å². The predicted octanol–water partition coefficient (Wildman–Crippen LogP) is 1.08. The fourth-order valence-corrected chi connectivity index (χ4v) is 3.38. The number of aromatic nitrogens is 1. The van der Waals surface area contributed by atoms with Crippen LogP contribution in [0.4, 0.5) is 4.39 Å². The Hall–Kier alpha value is -1.10. The Kier molecular flexibility index (Phi) is 6.20. The number of carbonyl (C=O) groups excluding carboxylic acids is 1. The fraction of sp³-hybridized carbons (Fsp3) is 0.455. The van der Waals surface area contributed by atoms with Gasteiger partial charge in [0.15, 0.2) is 6.10 Å². The number of rotatable bonds is 6. The molecule has 1 rings (SSSR count). The van der Waals surface area contributed by atoms with Gasteiger partial charge >= 0.3 is 5.97 Å². The molecule has 0 aliphatic rings. The molecule has 0 aromatic carbocycles. The van der Waals surface area contributed by atoms with E-state index in [9.17, 15) is 17.6 Å². The second kappa shape index (κ2) is 7.25. The number of nitrogens with two attached hydrogens (primary N) is 1. The quantitative estimate of drug-likeness (QED) is 0.735. The number of halogens is 2. The molecule has 0 saturated heterocycles. The molecule has 0 aliphatic heterocycles. The largest absolute Gasteiger partial charge is 0.451 e. The first-order valence-electron chi connectivity index (χ1n) is 5.68. The van der Waals surface area contributed by atoms with Gasteiger partial charge in [-0.15, -0.1) is 0 Å². The second-order valence-electron chi connectivity index (χ2n) is 4.07. The average molecular weight is 385 g/mol. The molecule has 0 bridgehead atoms. The monoisotopic (exact) mass is 384 g/mol. The maximum Gasteiger partial charge on any atom is 0.332 e. The van der Waals surface area contributed by atoms with Gasteiger partial charge in [0.25, 0.3) is 0 Å². The van der Waals surface area contributed by atoms with E-state index in [0.29, 0.717) is 0 Å². The van der Waals surface area contributed by atoms with Crippen molar-refractivity contribution in [2.45, 2.75) is 24.1 Å². The molecule has 2 unspecified atom stereocenters. The first kappa shape index (κ1) is 18.0. The highest BCUT2D eigenvalue weighted by atomic mass is 79.9. The van der Waals surface area contributed by atoms with Gasteiger partial charge in [0, 0.05) is 17.8 Å². The summed E-state index contributed by atoms with van der Waals surface area (Å²) >= 11 is 3.01. The van der Waals surface area contributed by atoms with Crippen LogP contribution in [0.25, 0.3) is 0 Å². The number of esters is 1. The van der Waals surface area contributed by atoms with Gasteiger partial charge in [-0.25, -0.2) is 22.7 Å². The van der Waals surface area contributed by atoms with Crippen LogP contribution in [0, 0.1) is 0 Å². The summed E-state index contributed by atoms with van der Waals surface area (Å²) in [6.45, 7) is 0.710. The van der Waals surface area contributed by atoms with E-state index in [1.165, 1.54) is 19.4 Å². The van der Waals surface area contributed by atoms with Gasteiger partial charge in [-0.2, -0.15) is 0 Å². The molecule has 2 atom stereocenters. The molecule has 118 valence electrons. The molecular formula is C11H14BrFN2O5S. The number of pyridine rings is 1. The maximum absolute atomic E-state index is 13.7. The number of methoxy groups -OCH3 is 1. The Morgan fingerprint density at radius 3 is 2.67 bits per heavy atom. The predicted molar refractivity (Wildman–Crippen MR) is 74.6 cm³/mol. The van der Waals surface area contributed by atoms with Gasteiger partial charge in [-0.05, 0) is 28.9 Å². The van der Waals surface area contributed by atoms with Crippen molar-refractivity contribution in [3.05, 3.63) is 22.4 Å². The number of sulfonamides is 1. The molecule has 0 radical (unpaired) electrons. The minimum absolute atomic E-state index is 0.100. The molecule has 2 N–H and O–H groups in total. The lowest BCUT2D eigenvalue weighted by molar-refractivity contribution is -0.157. The lowest BCUT2D eigenvalue weighted by atomic mass is 10.1. The summed E-state index contributed by atoms with van der Waals surface area (Å²) in [6, 6.07) is 1.33. The summed E-state index contributed by atoms with van der Waals surface area (Å²) in [4.78, 5) is 14.8. The van der Waals surface area contributed by atoms with Crippen LogP contribution >= 0.6 is 15.9 Å². The van der Waals surface area contributed by atoms with Crippen molar-refractivity contribution in [2.24, 2.45) is 5.14 Å². The van der Waals surface area contributed by atoms with Crippen LogP contribution < -0.4 is 5.14 Å². The lowest BCUT2D eigenvalue weighted by Crippen LogP contribution is -2.26. The standard InChI is InChI=1S/C11H14BrFN2O5S/c1-6(13)10(20-8(16)5-19-2)9-11(21(14,17)18)7(12)3-4-15-9/h3-4,6,10H,5H2,1-2H3,(H2,14,17,18). The number of nitrogens with zero attached hydrogens (tertiary/aromatic N) is 1. The van der Waals surface area contributed by atoms with Crippen molar-refractivity contribution in [2.75, 3.05) is 13.7 Å². The van der Waals surface area contributed by atoms with Gasteiger partial charge in [0.2, 0.25) is 10.0 Å². The molecule has 0 saturated carbocycles. The first-order valence-corrected chi connectivity index (χ1v) is 8.02. The Balaban J connectivity index is 3.33. The summed E-state index contributed by atoms with van der Waals surface area (Å²) in [6.07, 6.45) is -1.97. The first-order chi connectivity index (χ1) is 9.68. The highest BCUT2D eigenvalue weighted by molar-refractivity contribution is 9.10. The van der Waals surface area contributed by atoms with Crippen LogP contribution in [-0.4, -0.2) is 39.3 Å². The smallest absolute Gasteiger partial charge is 0.332 e. The number of alkyl halides is 1. The van der Waals surface area contributed by atoms with Crippen molar-refractivity contribution < 1.29 is 27.1 Å². The number of hydrogen-bond acceptors (Lipinski definition) is 6. The van der Waals surface area contributed by atoms with E-state index in [1.807, 2.05) is 0 Å². The minimum Gasteiger partial charge on any atom is -0.451 e. The zero-order valence-electron chi connectivity index (χ0n) is 11.2. The third-order valence-electron chi connectivity index (χ3n) is 2.38. The molecule has 0 aliphatic carbocycles. The molecule has 7 nitrogen and oxygen atoms in total. The van der Waals surface area contributed by atoms with E-state index in [2.05, 4.69) is 25.7 Å². The topological polar surface area (TPSA) is 109 Å². The van der Waals surface area contributed by atoms with Crippen molar-refractivity contribution in [3.8, 4) is 0 Å². The number of ether oxygens (including phenoxy) is 2. The molecule has 0 fully saturated rings. The van der Waals surface area contributed by atoms with E-state index in [1.54, 1.807) is 0 Å². The zero-order valence-corrected chi connectivity index (χ0v) is 13.6. The molecule has 0 amide bonds. The molecule has 1 heterocycles. The number of hydrogen-bond donors (Lipinski definition) is 1. The highest BCUT2D eigenvalue weighted by Crippen LogP contribution is 2.31. The highest BCUT2D eigenvalue weighted by Gasteiger charge is 2.32. The van der Waals surface area contributed by atoms with Crippen molar-refractivity contribution >= 4 is 31.9 Å². The molecule has 1 aromatic heterocycles. The summed E-state index contributed by atoms with van der Waals surface area (Å²) in [5.74, 6) is -0.853. The Labute approximate surface area is 129 Å². The van der Waals surface area contributed by atoms with Gasteiger partial charge in [0.1, 0.15) is 23.4 Å².